The van der Waals surface area contributed by atoms with E-state index in [-0.39, 0.29) is 0 Å². The average Bonchev–Trinajstić information content (AvgIpc) is 2.61. The van der Waals surface area contributed by atoms with E-state index in [1.54, 1.807) is 0 Å². The van der Waals surface area contributed by atoms with E-state index in [1.807, 2.05) is 0 Å². The maximum absolute atomic E-state index is 3.88. The number of hydrogen-bond acceptors (Lipinski definition) is 1. The van der Waals surface area contributed by atoms with Crippen LogP contribution in [0.5, 0.6) is 0 Å². The Morgan fingerprint density at radius 2 is 1.93 bits per heavy atom. The molecule has 0 radical (unpaired) electrons. The zero-order valence-corrected chi connectivity index (χ0v) is 10.9. The van der Waals surface area contributed by atoms with Crippen LogP contribution in [-0.2, 0) is 0 Å². The molecule has 0 heterocycles. The van der Waals surface area contributed by atoms with Crippen LogP contribution in [0.25, 0.3) is 0 Å². The van der Waals surface area contributed by atoms with Crippen LogP contribution in [0.1, 0.15) is 72.1 Å². The Bertz CT molecular complexity index is 155. The molecule has 0 bridgehead atoms. The van der Waals surface area contributed by atoms with Crippen LogP contribution in [0.3, 0.4) is 0 Å². The van der Waals surface area contributed by atoms with Gasteiger partial charge in [-0.05, 0) is 38.0 Å². The molecule has 1 aliphatic carbocycles. The van der Waals surface area contributed by atoms with Crippen molar-refractivity contribution in [3.63, 3.8) is 0 Å². The van der Waals surface area contributed by atoms with Gasteiger partial charge in [0.15, 0.2) is 0 Å². The molecule has 0 aromatic rings. The van der Waals surface area contributed by atoms with E-state index in [0.717, 1.165) is 18.0 Å². The topological polar surface area (TPSA) is 12.0 Å². The summed E-state index contributed by atoms with van der Waals surface area (Å²) in [7, 11) is 0. The summed E-state index contributed by atoms with van der Waals surface area (Å²) in [6.45, 7) is 6.99. The lowest BCUT2D eigenvalue weighted by Crippen LogP contribution is -2.36. The monoisotopic (exact) mass is 211 g/mol. The number of hydrogen-bond donors (Lipinski definition) is 1. The van der Waals surface area contributed by atoms with Gasteiger partial charge in [-0.2, -0.15) is 0 Å². The van der Waals surface area contributed by atoms with Gasteiger partial charge in [0, 0.05) is 12.1 Å². The Balaban J connectivity index is 2.23. The van der Waals surface area contributed by atoms with Crippen LogP contribution in [-0.4, -0.2) is 12.1 Å². The summed E-state index contributed by atoms with van der Waals surface area (Å²) in [4.78, 5) is 0. The van der Waals surface area contributed by atoms with Gasteiger partial charge in [-0.15, -0.1) is 0 Å². The fourth-order valence-corrected chi connectivity index (χ4v) is 2.80. The maximum atomic E-state index is 3.88. The van der Waals surface area contributed by atoms with E-state index >= 15 is 0 Å². The molecule has 0 spiro atoms. The number of rotatable bonds is 7. The predicted octanol–water partition coefficient (Wildman–Crippen LogP) is 4.12. The lowest BCUT2D eigenvalue weighted by Gasteiger charge is -2.22. The second-order valence-corrected chi connectivity index (χ2v) is 5.41. The molecule has 0 aromatic carbocycles. The van der Waals surface area contributed by atoms with Gasteiger partial charge in [0.2, 0.25) is 0 Å². The van der Waals surface area contributed by atoms with Crippen LogP contribution >= 0.6 is 0 Å². The van der Waals surface area contributed by atoms with Crippen molar-refractivity contribution in [3.8, 4) is 0 Å². The molecule has 15 heavy (non-hydrogen) atoms. The first-order chi connectivity index (χ1) is 7.26. The highest BCUT2D eigenvalue weighted by Crippen LogP contribution is 2.25. The van der Waals surface area contributed by atoms with E-state index in [9.17, 15) is 0 Å². The Morgan fingerprint density at radius 3 is 2.47 bits per heavy atom. The average molecular weight is 211 g/mol. The first-order valence-electron chi connectivity index (χ1n) is 7.02. The van der Waals surface area contributed by atoms with Crippen molar-refractivity contribution in [2.45, 2.75) is 84.2 Å². The summed E-state index contributed by atoms with van der Waals surface area (Å²) >= 11 is 0. The van der Waals surface area contributed by atoms with E-state index in [0.29, 0.717) is 0 Å². The van der Waals surface area contributed by atoms with Crippen LogP contribution in [0.2, 0.25) is 0 Å². The molecule has 1 aliphatic rings. The molecular weight excluding hydrogens is 182 g/mol. The number of unbranched alkanes of at least 4 members (excludes halogenated alkanes) is 1. The molecule has 90 valence electrons. The van der Waals surface area contributed by atoms with Crippen molar-refractivity contribution >= 4 is 0 Å². The molecule has 0 aromatic heterocycles. The molecule has 1 N–H and O–H groups in total. The van der Waals surface area contributed by atoms with Crippen LogP contribution < -0.4 is 5.32 Å². The Labute approximate surface area is 96.0 Å². The molecule has 0 saturated heterocycles. The van der Waals surface area contributed by atoms with E-state index < -0.39 is 0 Å². The van der Waals surface area contributed by atoms with E-state index in [1.165, 1.54) is 51.4 Å². The van der Waals surface area contributed by atoms with Crippen molar-refractivity contribution in [1.82, 2.24) is 5.32 Å². The molecule has 1 rings (SSSR count). The summed E-state index contributed by atoms with van der Waals surface area (Å²) in [5.41, 5.74) is 0. The smallest absolute Gasteiger partial charge is 0.00722 e. The van der Waals surface area contributed by atoms with Gasteiger partial charge in [-0.3, -0.25) is 0 Å². The summed E-state index contributed by atoms with van der Waals surface area (Å²) in [6.07, 6.45) is 11.1. The lowest BCUT2D eigenvalue weighted by molar-refractivity contribution is 0.375. The molecule has 0 amide bonds. The molecule has 1 fully saturated rings. The van der Waals surface area contributed by atoms with Crippen molar-refractivity contribution in [2.75, 3.05) is 0 Å². The fraction of sp³-hybridized carbons (Fsp3) is 1.00. The highest BCUT2D eigenvalue weighted by atomic mass is 15.0. The molecule has 3 atom stereocenters. The van der Waals surface area contributed by atoms with Gasteiger partial charge in [0.1, 0.15) is 0 Å². The summed E-state index contributed by atoms with van der Waals surface area (Å²) < 4.78 is 0. The van der Waals surface area contributed by atoms with Gasteiger partial charge < -0.3 is 5.32 Å². The van der Waals surface area contributed by atoms with Gasteiger partial charge in [0.05, 0.1) is 0 Å². The van der Waals surface area contributed by atoms with E-state index in [4.69, 9.17) is 0 Å². The Hall–Kier alpha value is -0.0400. The van der Waals surface area contributed by atoms with Crippen molar-refractivity contribution in [2.24, 2.45) is 5.92 Å². The normalized spacial score (nSPS) is 28.2. The van der Waals surface area contributed by atoms with Crippen molar-refractivity contribution in [3.05, 3.63) is 0 Å². The van der Waals surface area contributed by atoms with Crippen LogP contribution in [0.15, 0.2) is 0 Å². The lowest BCUT2D eigenvalue weighted by atomic mass is 10.0. The largest absolute Gasteiger partial charge is 0.311 e. The minimum Gasteiger partial charge on any atom is -0.311 e. The SMILES string of the molecule is CCCCC(CCC)NC1CCC(C)C1. The zero-order chi connectivity index (χ0) is 11.1. The van der Waals surface area contributed by atoms with E-state index in [2.05, 4.69) is 26.1 Å². The fourth-order valence-electron chi connectivity index (χ4n) is 2.80. The maximum Gasteiger partial charge on any atom is 0.00722 e. The minimum absolute atomic E-state index is 0.797. The third kappa shape index (κ3) is 5.01. The molecule has 1 nitrogen and oxygen atoms in total. The quantitative estimate of drug-likeness (QED) is 0.668. The summed E-state index contributed by atoms with van der Waals surface area (Å²) in [5.74, 6) is 0.955. The highest BCUT2D eigenvalue weighted by Gasteiger charge is 2.22. The Morgan fingerprint density at radius 1 is 1.13 bits per heavy atom. The third-order valence-electron chi connectivity index (χ3n) is 3.71. The van der Waals surface area contributed by atoms with Crippen LogP contribution in [0, 0.1) is 5.92 Å². The first-order valence-corrected chi connectivity index (χ1v) is 7.02. The van der Waals surface area contributed by atoms with Gasteiger partial charge in [-0.1, -0.05) is 40.0 Å². The summed E-state index contributed by atoms with van der Waals surface area (Å²) in [5, 5.41) is 3.88. The molecule has 1 heteroatoms. The molecule has 3 unspecified atom stereocenters. The molecular formula is C14H29N. The van der Waals surface area contributed by atoms with Crippen molar-refractivity contribution in [1.29, 1.82) is 0 Å². The number of nitrogens with one attached hydrogen (secondary N) is 1. The summed E-state index contributed by atoms with van der Waals surface area (Å²) in [6, 6.07) is 1.62. The zero-order valence-electron chi connectivity index (χ0n) is 10.9. The standard InChI is InChI=1S/C14H29N/c1-4-6-8-13(7-5-2)15-14-10-9-12(3)11-14/h12-15H,4-11H2,1-3H3. The molecule has 1 saturated carbocycles. The van der Waals surface area contributed by atoms with Crippen molar-refractivity contribution < 1.29 is 0 Å². The minimum atomic E-state index is 0.797. The third-order valence-corrected chi connectivity index (χ3v) is 3.71. The highest BCUT2D eigenvalue weighted by molar-refractivity contribution is 4.81. The Kier molecular flexibility index (Phi) is 6.31. The first kappa shape index (κ1) is 13.0. The van der Waals surface area contributed by atoms with Gasteiger partial charge in [0.25, 0.3) is 0 Å². The predicted molar refractivity (Wildman–Crippen MR) is 68.2 cm³/mol. The second kappa shape index (κ2) is 7.27. The second-order valence-electron chi connectivity index (χ2n) is 5.41. The van der Waals surface area contributed by atoms with Gasteiger partial charge >= 0.3 is 0 Å². The molecule has 0 aliphatic heterocycles. The van der Waals surface area contributed by atoms with Crippen LogP contribution in [0.4, 0.5) is 0 Å². The van der Waals surface area contributed by atoms with Gasteiger partial charge in [-0.25, -0.2) is 0 Å².